The molecule has 2 saturated heterocycles. The first-order chi connectivity index (χ1) is 13.7. The number of piperidine rings is 1. The summed E-state index contributed by atoms with van der Waals surface area (Å²) < 4.78 is 24.3. The molecule has 0 radical (unpaired) electrons. The van der Waals surface area contributed by atoms with Gasteiger partial charge in [-0.1, -0.05) is 18.2 Å². The van der Waals surface area contributed by atoms with Gasteiger partial charge in [0.05, 0.1) is 13.7 Å². The second-order valence-corrected chi connectivity index (χ2v) is 7.86. The molecule has 2 fully saturated rings. The summed E-state index contributed by atoms with van der Waals surface area (Å²) in [6.07, 6.45) is 2.38. The number of hydrogen-bond donors (Lipinski definition) is 1. The van der Waals surface area contributed by atoms with Crippen LogP contribution in [0.4, 0.5) is 4.39 Å². The second-order valence-electron chi connectivity index (χ2n) is 7.86. The van der Waals surface area contributed by atoms with E-state index in [9.17, 15) is 4.39 Å². The number of nitrogens with zero attached hydrogens (tertiary/aromatic N) is 1. The fourth-order valence-electron chi connectivity index (χ4n) is 4.89. The van der Waals surface area contributed by atoms with Crippen LogP contribution in [0.25, 0.3) is 0 Å². The van der Waals surface area contributed by atoms with Crippen molar-refractivity contribution in [2.24, 2.45) is 0 Å². The normalized spacial score (nSPS) is 24.9. The summed E-state index contributed by atoms with van der Waals surface area (Å²) in [5.74, 6) is 1.12. The van der Waals surface area contributed by atoms with E-state index in [0.29, 0.717) is 24.6 Å². The van der Waals surface area contributed by atoms with Gasteiger partial charge in [0.2, 0.25) is 0 Å². The Labute approximate surface area is 166 Å². The number of fused-ring (bicyclic) bond motifs is 1. The molecule has 1 N–H and O–H groups in total. The van der Waals surface area contributed by atoms with Gasteiger partial charge in [-0.05, 0) is 54.8 Å². The Morgan fingerprint density at radius 2 is 1.96 bits per heavy atom. The van der Waals surface area contributed by atoms with Crippen molar-refractivity contribution < 1.29 is 13.9 Å². The molecule has 0 saturated carbocycles. The maximum atomic E-state index is 13.4. The zero-order valence-electron chi connectivity index (χ0n) is 16.7. The van der Waals surface area contributed by atoms with Crippen LogP contribution in [-0.4, -0.2) is 44.3 Å². The van der Waals surface area contributed by atoms with Crippen molar-refractivity contribution in [2.75, 3.05) is 27.3 Å². The highest BCUT2D eigenvalue weighted by molar-refractivity contribution is 5.37. The molecule has 0 spiro atoms. The topological polar surface area (TPSA) is 33.7 Å². The summed E-state index contributed by atoms with van der Waals surface area (Å²) in [5, 5.41) is 3.71. The first-order valence-corrected chi connectivity index (χ1v) is 10.1. The lowest BCUT2D eigenvalue weighted by molar-refractivity contribution is 0.119. The molecule has 4 nitrogen and oxygen atoms in total. The molecule has 0 aromatic heterocycles. The minimum Gasteiger partial charge on any atom is -0.496 e. The smallest absolute Gasteiger partial charge is 0.123 e. The number of ether oxygens (including phenoxy) is 2. The fraction of sp³-hybridized carbons (Fsp3) is 0.478. The van der Waals surface area contributed by atoms with E-state index >= 15 is 0 Å². The van der Waals surface area contributed by atoms with E-state index in [1.807, 2.05) is 18.2 Å². The van der Waals surface area contributed by atoms with Gasteiger partial charge in [-0.15, -0.1) is 0 Å². The van der Waals surface area contributed by atoms with Crippen molar-refractivity contribution in [3.05, 3.63) is 65.0 Å². The van der Waals surface area contributed by atoms with Gasteiger partial charge in [-0.2, -0.15) is 0 Å². The number of likely N-dealkylation sites (tertiary alicyclic amines) is 1. The third kappa shape index (κ3) is 3.93. The molecule has 4 rings (SSSR count). The van der Waals surface area contributed by atoms with Crippen LogP contribution in [0.1, 0.15) is 35.4 Å². The summed E-state index contributed by atoms with van der Waals surface area (Å²) in [5.41, 5.74) is 3.57. The third-order valence-corrected chi connectivity index (χ3v) is 6.13. The van der Waals surface area contributed by atoms with Crippen LogP contribution in [0.5, 0.6) is 5.75 Å². The van der Waals surface area contributed by atoms with Crippen LogP contribution in [0.3, 0.4) is 0 Å². The SMILES string of the molecule is COCc1ccc(OC)c(CN2CCC[C@H]3NC[C@H](c4ccc(F)cc4)[C@H]32)c1. The first kappa shape index (κ1) is 19.4. The van der Waals surface area contributed by atoms with Crippen molar-refractivity contribution in [3.8, 4) is 5.75 Å². The van der Waals surface area contributed by atoms with Gasteiger partial charge in [0, 0.05) is 43.8 Å². The van der Waals surface area contributed by atoms with Gasteiger partial charge < -0.3 is 14.8 Å². The molecule has 2 aromatic carbocycles. The van der Waals surface area contributed by atoms with Crippen LogP contribution in [0.15, 0.2) is 42.5 Å². The molecule has 28 heavy (non-hydrogen) atoms. The van der Waals surface area contributed by atoms with Crippen LogP contribution < -0.4 is 10.1 Å². The lowest BCUT2D eigenvalue weighted by Crippen LogP contribution is -2.49. The van der Waals surface area contributed by atoms with Gasteiger partial charge in [0.15, 0.2) is 0 Å². The monoisotopic (exact) mass is 384 g/mol. The van der Waals surface area contributed by atoms with Crippen molar-refractivity contribution in [2.45, 2.75) is 44.0 Å². The molecule has 0 aliphatic carbocycles. The molecule has 2 heterocycles. The summed E-state index contributed by atoms with van der Waals surface area (Å²) in [7, 11) is 3.45. The summed E-state index contributed by atoms with van der Waals surface area (Å²) in [6.45, 7) is 3.46. The average molecular weight is 384 g/mol. The average Bonchev–Trinajstić information content (AvgIpc) is 3.14. The van der Waals surface area contributed by atoms with Gasteiger partial charge >= 0.3 is 0 Å². The number of methoxy groups -OCH3 is 2. The summed E-state index contributed by atoms with van der Waals surface area (Å²) in [4.78, 5) is 2.58. The molecular formula is C23H29FN2O2. The lowest BCUT2D eigenvalue weighted by Gasteiger charge is -2.40. The highest BCUT2D eigenvalue weighted by Gasteiger charge is 2.42. The highest BCUT2D eigenvalue weighted by Crippen LogP contribution is 2.36. The van der Waals surface area contributed by atoms with E-state index < -0.39 is 0 Å². The number of halogens is 1. The van der Waals surface area contributed by atoms with Crippen LogP contribution in [0.2, 0.25) is 0 Å². The minimum atomic E-state index is -0.175. The number of hydrogen-bond acceptors (Lipinski definition) is 4. The molecule has 3 atom stereocenters. The maximum Gasteiger partial charge on any atom is 0.123 e. The highest BCUT2D eigenvalue weighted by atomic mass is 19.1. The molecule has 150 valence electrons. The quantitative estimate of drug-likeness (QED) is 0.823. The van der Waals surface area contributed by atoms with Crippen molar-refractivity contribution in [1.29, 1.82) is 0 Å². The Morgan fingerprint density at radius 3 is 2.71 bits per heavy atom. The predicted molar refractivity (Wildman–Crippen MR) is 108 cm³/mol. The Balaban J connectivity index is 1.60. The second kappa shape index (κ2) is 8.60. The molecule has 2 aliphatic rings. The maximum absolute atomic E-state index is 13.4. The van der Waals surface area contributed by atoms with Crippen LogP contribution in [0, 0.1) is 5.82 Å². The predicted octanol–water partition coefficient (Wildman–Crippen LogP) is 3.70. The largest absolute Gasteiger partial charge is 0.496 e. The van der Waals surface area contributed by atoms with Crippen molar-refractivity contribution in [3.63, 3.8) is 0 Å². The van der Waals surface area contributed by atoms with Gasteiger partial charge in [-0.25, -0.2) is 4.39 Å². The zero-order valence-corrected chi connectivity index (χ0v) is 16.7. The fourth-order valence-corrected chi connectivity index (χ4v) is 4.89. The number of rotatable bonds is 6. The molecule has 2 aromatic rings. The van der Waals surface area contributed by atoms with Gasteiger partial charge in [0.1, 0.15) is 11.6 Å². The molecule has 0 amide bonds. The number of benzene rings is 2. The number of nitrogens with one attached hydrogen (secondary N) is 1. The van der Waals surface area contributed by atoms with Crippen molar-refractivity contribution in [1.82, 2.24) is 10.2 Å². The molecule has 0 bridgehead atoms. The lowest BCUT2D eigenvalue weighted by atomic mass is 9.86. The molecule has 5 heteroatoms. The molecule has 2 aliphatic heterocycles. The van der Waals surface area contributed by atoms with E-state index in [1.54, 1.807) is 26.4 Å². The zero-order chi connectivity index (χ0) is 19.5. The minimum absolute atomic E-state index is 0.175. The Bertz CT molecular complexity index is 796. The summed E-state index contributed by atoms with van der Waals surface area (Å²) >= 11 is 0. The van der Waals surface area contributed by atoms with Crippen molar-refractivity contribution >= 4 is 0 Å². The third-order valence-electron chi connectivity index (χ3n) is 6.13. The van der Waals surface area contributed by atoms with Crippen LogP contribution in [-0.2, 0) is 17.9 Å². The Kier molecular flexibility index (Phi) is 5.95. The van der Waals surface area contributed by atoms with Gasteiger partial charge in [0.25, 0.3) is 0 Å². The molecule has 0 unspecified atom stereocenters. The summed E-state index contributed by atoms with van der Waals surface area (Å²) in [6, 6.07) is 14.2. The Hall–Kier alpha value is -1.95. The van der Waals surface area contributed by atoms with E-state index in [0.717, 1.165) is 30.9 Å². The molecular weight excluding hydrogens is 355 g/mol. The Morgan fingerprint density at radius 1 is 1.14 bits per heavy atom. The van der Waals surface area contributed by atoms with Crippen LogP contribution >= 0.6 is 0 Å². The van der Waals surface area contributed by atoms with E-state index in [1.165, 1.54) is 24.0 Å². The van der Waals surface area contributed by atoms with E-state index in [-0.39, 0.29) is 5.82 Å². The van der Waals surface area contributed by atoms with E-state index in [4.69, 9.17) is 9.47 Å². The van der Waals surface area contributed by atoms with Gasteiger partial charge in [-0.3, -0.25) is 4.90 Å². The standard InChI is InChI=1S/C23H29FN2O2/c1-27-15-16-5-10-22(28-2)18(12-16)14-26-11-3-4-21-23(26)20(13-25-21)17-6-8-19(24)9-7-17/h5-10,12,20-21,23,25H,3-4,11,13-15H2,1-2H3/t20-,21-,23-/m1/s1. The van der Waals surface area contributed by atoms with E-state index in [2.05, 4.69) is 22.3 Å². The first-order valence-electron chi connectivity index (χ1n) is 10.1.